The molecule has 0 unspecified atom stereocenters. The molecule has 0 saturated heterocycles. The number of carbonyl (C=O) groups is 1. The normalized spacial score (nSPS) is 12.0. The highest BCUT2D eigenvalue weighted by atomic mass is 35.5. The molecule has 1 amide bonds. The number of nitrogens with zero attached hydrogens (tertiary/aromatic N) is 7. The number of tetrazole rings is 1. The maximum absolute atomic E-state index is 14.4. The van der Waals surface area contributed by atoms with E-state index in [0.717, 1.165) is 0 Å². The van der Waals surface area contributed by atoms with Crippen LogP contribution in [0.1, 0.15) is 17.0 Å². The third-order valence-electron chi connectivity index (χ3n) is 4.96. The zero-order valence-corrected chi connectivity index (χ0v) is 18.8. The van der Waals surface area contributed by atoms with Crippen LogP contribution in [-0.2, 0) is 23.7 Å². The lowest BCUT2D eigenvalue weighted by atomic mass is 10.1. The Bertz CT molecular complexity index is 1380. The average Bonchev–Trinajstić information content (AvgIpc) is 3.39. The van der Waals surface area contributed by atoms with Crippen molar-refractivity contribution >= 4 is 17.5 Å². The van der Waals surface area contributed by atoms with Gasteiger partial charge in [0, 0.05) is 17.8 Å². The van der Waals surface area contributed by atoms with Crippen LogP contribution in [0.25, 0.3) is 5.69 Å². The van der Waals surface area contributed by atoms with Gasteiger partial charge in [0.25, 0.3) is 0 Å². The second-order valence-electron chi connectivity index (χ2n) is 7.40. The largest absolute Gasteiger partial charge is 0.427 e. The molecule has 13 heteroatoms. The first-order valence-corrected chi connectivity index (χ1v) is 10.7. The third-order valence-corrected chi connectivity index (χ3v) is 5.19. The van der Waals surface area contributed by atoms with Crippen LogP contribution in [0, 0.1) is 0 Å². The fourth-order valence-electron chi connectivity index (χ4n) is 3.24. The van der Waals surface area contributed by atoms with E-state index in [0.29, 0.717) is 21.0 Å². The fraction of sp³-hybridized carbons (Fsp3) is 0.182. The van der Waals surface area contributed by atoms with Gasteiger partial charge >= 0.3 is 5.92 Å². The van der Waals surface area contributed by atoms with E-state index in [-0.39, 0.29) is 24.1 Å². The first-order valence-electron chi connectivity index (χ1n) is 10.3. The minimum atomic E-state index is -3.32. The van der Waals surface area contributed by atoms with Crippen LogP contribution in [0.15, 0.2) is 72.1 Å². The van der Waals surface area contributed by atoms with Crippen LogP contribution in [0.5, 0.6) is 0 Å². The van der Waals surface area contributed by atoms with Crippen molar-refractivity contribution in [2.24, 2.45) is 4.99 Å². The van der Waals surface area contributed by atoms with Gasteiger partial charge in [-0.15, -0.1) is 5.10 Å². The molecule has 35 heavy (non-hydrogen) atoms. The summed E-state index contributed by atoms with van der Waals surface area (Å²) >= 11 is 6.08. The van der Waals surface area contributed by atoms with Gasteiger partial charge in [-0.05, 0) is 58.5 Å². The van der Waals surface area contributed by atoms with Gasteiger partial charge in [0.05, 0.1) is 17.8 Å². The SMILES string of the molecule is O=C(Cc1cccc(=NCC(F)(F)c2ccccn2)n1O)NCc1cc(Cl)ccc1-n1cnnn1. The predicted octanol–water partition coefficient (Wildman–Crippen LogP) is 2.30. The van der Waals surface area contributed by atoms with Gasteiger partial charge in [0.15, 0.2) is 5.49 Å². The highest BCUT2D eigenvalue weighted by Crippen LogP contribution is 2.25. The fourth-order valence-corrected chi connectivity index (χ4v) is 3.43. The second kappa shape index (κ2) is 10.4. The molecule has 4 aromatic rings. The molecule has 0 aliphatic carbocycles. The Balaban J connectivity index is 1.45. The minimum Gasteiger partial charge on any atom is -0.427 e. The molecule has 0 saturated carbocycles. The van der Waals surface area contributed by atoms with Gasteiger partial charge in [-0.25, -0.2) is 4.68 Å². The van der Waals surface area contributed by atoms with Gasteiger partial charge in [-0.1, -0.05) is 23.7 Å². The number of benzene rings is 1. The summed E-state index contributed by atoms with van der Waals surface area (Å²) in [7, 11) is 0. The van der Waals surface area contributed by atoms with Gasteiger partial charge in [-0.2, -0.15) is 13.5 Å². The van der Waals surface area contributed by atoms with Crippen molar-refractivity contribution in [3.8, 4) is 5.69 Å². The van der Waals surface area contributed by atoms with E-state index in [2.05, 4.69) is 30.8 Å². The van der Waals surface area contributed by atoms with E-state index in [9.17, 15) is 18.8 Å². The Labute approximate surface area is 202 Å². The van der Waals surface area contributed by atoms with E-state index in [1.54, 1.807) is 18.2 Å². The monoisotopic (exact) mass is 500 g/mol. The summed E-state index contributed by atoms with van der Waals surface area (Å²) in [6.07, 6.45) is 2.46. The van der Waals surface area contributed by atoms with Crippen molar-refractivity contribution in [3.63, 3.8) is 0 Å². The van der Waals surface area contributed by atoms with Crippen molar-refractivity contribution in [1.29, 1.82) is 0 Å². The molecule has 4 rings (SSSR count). The molecule has 0 aliphatic rings. The topological polar surface area (TPSA) is 123 Å². The molecule has 3 heterocycles. The van der Waals surface area contributed by atoms with Gasteiger partial charge in [0.2, 0.25) is 5.91 Å². The maximum Gasteiger partial charge on any atom is 0.308 e. The second-order valence-corrected chi connectivity index (χ2v) is 7.84. The molecule has 2 N–H and O–H groups in total. The molecular weight excluding hydrogens is 482 g/mol. The van der Waals surface area contributed by atoms with Crippen LogP contribution in [0.4, 0.5) is 8.78 Å². The summed E-state index contributed by atoms with van der Waals surface area (Å²) in [6, 6.07) is 13.6. The van der Waals surface area contributed by atoms with E-state index >= 15 is 0 Å². The number of hydrogen-bond acceptors (Lipinski definition) is 7. The Morgan fingerprint density at radius 1 is 1.17 bits per heavy atom. The Hall–Kier alpha value is -4.19. The first-order chi connectivity index (χ1) is 16.8. The molecule has 0 aliphatic heterocycles. The number of rotatable bonds is 8. The number of alkyl halides is 2. The summed E-state index contributed by atoms with van der Waals surface area (Å²) in [5.74, 6) is -3.75. The Kier molecular flexibility index (Phi) is 7.11. The molecule has 0 radical (unpaired) electrons. The molecule has 1 aromatic carbocycles. The summed E-state index contributed by atoms with van der Waals surface area (Å²) in [5, 5.41) is 24.7. The summed E-state index contributed by atoms with van der Waals surface area (Å²) in [5.41, 5.74) is 0.909. The maximum atomic E-state index is 14.4. The minimum absolute atomic E-state index is 0.111. The van der Waals surface area contributed by atoms with Crippen LogP contribution >= 0.6 is 11.6 Å². The van der Waals surface area contributed by atoms with Crippen molar-refractivity contribution in [2.45, 2.75) is 18.9 Å². The summed E-state index contributed by atoms with van der Waals surface area (Å²) < 4.78 is 30.8. The van der Waals surface area contributed by atoms with Crippen molar-refractivity contribution < 1.29 is 18.8 Å². The number of pyridine rings is 2. The zero-order chi connectivity index (χ0) is 24.8. The number of halogens is 3. The van der Waals surface area contributed by atoms with Crippen LogP contribution in [0.2, 0.25) is 5.02 Å². The van der Waals surface area contributed by atoms with E-state index in [4.69, 9.17) is 11.6 Å². The molecule has 0 spiro atoms. The number of carbonyl (C=O) groups excluding carboxylic acids is 1. The van der Waals surface area contributed by atoms with E-state index in [1.807, 2.05) is 0 Å². The highest BCUT2D eigenvalue weighted by molar-refractivity contribution is 6.30. The Morgan fingerprint density at radius 2 is 2.03 bits per heavy atom. The average molecular weight is 501 g/mol. The summed E-state index contributed by atoms with van der Waals surface area (Å²) in [6.45, 7) is -0.810. The van der Waals surface area contributed by atoms with Crippen molar-refractivity contribution in [2.75, 3.05) is 6.54 Å². The lowest BCUT2D eigenvalue weighted by Gasteiger charge is -2.13. The van der Waals surface area contributed by atoms with E-state index < -0.39 is 24.1 Å². The number of aromatic nitrogens is 6. The van der Waals surface area contributed by atoms with Gasteiger partial charge < -0.3 is 10.5 Å². The third kappa shape index (κ3) is 5.84. The zero-order valence-electron chi connectivity index (χ0n) is 18.1. The lowest BCUT2D eigenvalue weighted by molar-refractivity contribution is -0.120. The number of hydrogen-bond donors (Lipinski definition) is 2. The molecule has 3 aromatic heterocycles. The Morgan fingerprint density at radius 3 is 2.77 bits per heavy atom. The molecule has 0 atom stereocenters. The molecule has 0 bridgehead atoms. The number of amides is 1. The smallest absolute Gasteiger partial charge is 0.308 e. The lowest BCUT2D eigenvalue weighted by Crippen LogP contribution is -2.30. The molecular formula is C22H19ClF2N8O2. The number of nitrogens with one attached hydrogen (secondary N) is 1. The van der Waals surface area contributed by atoms with E-state index in [1.165, 1.54) is 53.6 Å². The molecule has 10 nitrogen and oxygen atoms in total. The quantitative estimate of drug-likeness (QED) is 0.358. The van der Waals surface area contributed by atoms with Gasteiger partial charge in [0.1, 0.15) is 18.6 Å². The van der Waals surface area contributed by atoms with Crippen LogP contribution < -0.4 is 10.8 Å². The van der Waals surface area contributed by atoms with Crippen molar-refractivity contribution in [1.82, 2.24) is 35.2 Å². The standard InChI is InChI=1S/C22H19ClF2N8O2/c23-16-7-8-18(32-14-29-30-31-32)15(10-16)12-27-21(34)11-17-4-3-6-20(33(17)35)28-13-22(24,25)19-5-1-2-9-26-19/h1-10,14,35H,11-13H2,(H,27,34). The predicted molar refractivity (Wildman–Crippen MR) is 120 cm³/mol. The molecule has 0 fully saturated rings. The van der Waals surface area contributed by atoms with Gasteiger partial charge in [-0.3, -0.25) is 14.8 Å². The molecule has 180 valence electrons. The first kappa shape index (κ1) is 24.0. The van der Waals surface area contributed by atoms with Crippen LogP contribution in [-0.4, -0.2) is 47.6 Å². The van der Waals surface area contributed by atoms with Crippen LogP contribution in [0.3, 0.4) is 0 Å². The van der Waals surface area contributed by atoms with Crippen molar-refractivity contribution in [3.05, 3.63) is 94.6 Å². The highest BCUT2D eigenvalue weighted by Gasteiger charge is 2.32. The summed E-state index contributed by atoms with van der Waals surface area (Å²) in [4.78, 5) is 20.0.